The third-order valence-electron chi connectivity index (χ3n) is 5.81. The Morgan fingerprint density at radius 1 is 1.12 bits per heavy atom. The van der Waals surface area contributed by atoms with Crippen LogP contribution in [0.2, 0.25) is 0 Å². The van der Waals surface area contributed by atoms with Crippen LogP contribution in [0.1, 0.15) is 65.4 Å². The van der Waals surface area contributed by atoms with E-state index >= 15 is 0 Å². The molecule has 1 fully saturated rings. The Balaban J connectivity index is 1.80. The summed E-state index contributed by atoms with van der Waals surface area (Å²) in [5, 5.41) is 0. The maximum absolute atomic E-state index is 12.6. The van der Waals surface area contributed by atoms with Crippen LogP contribution in [0.5, 0.6) is 0 Å². The zero-order valence-corrected chi connectivity index (χ0v) is 20.8. The van der Waals surface area contributed by atoms with Gasteiger partial charge in [0.1, 0.15) is 6.79 Å². The number of carbonyl (C=O) groups is 1. The molecule has 0 aliphatic carbocycles. The molecule has 0 saturated carbocycles. The predicted octanol–water partition coefficient (Wildman–Crippen LogP) is 4.41. The first-order chi connectivity index (χ1) is 15.0. The van der Waals surface area contributed by atoms with Crippen molar-refractivity contribution in [3.05, 3.63) is 29.8 Å². The van der Waals surface area contributed by atoms with Gasteiger partial charge >= 0.3 is 5.97 Å². The van der Waals surface area contributed by atoms with Gasteiger partial charge in [-0.25, -0.2) is 8.42 Å². The molecule has 0 amide bonds. The van der Waals surface area contributed by atoms with Gasteiger partial charge in [0.2, 0.25) is 6.29 Å². The molecule has 0 N–H and O–H groups in total. The van der Waals surface area contributed by atoms with Gasteiger partial charge in [0.05, 0.1) is 17.3 Å². The summed E-state index contributed by atoms with van der Waals surface area (Å²) in [6.07, 6.45) is 2.24. The van der Waals surface area contributed by atoms with E-state index in [4.69, 9.17) is 18.9 Å². The van der Waals surface area contributed by atoms with Crippen molar-refractivity contribution in [2.75, 3.05) is 25.8 Å². The van der Waals surface area contributed by atoms with Gasteiger partial charge < -0.3 is 18.9 Å². The van der Waals surface area contributed by atoms with Crippen molar-refractivity contribution in [3.63, 3.8) is 0 Å². The van der Waals surface area contributed by atoms with Crippen LogP contribution in [-0.2, 0) is 33.6 Å². The highest BCUT2D eigenvalue weighted by Gasteiger charge is 2.55. The van der Waals surface area contributed by atoms with Crippen LogP contribution in [0.15, 0.2) is 29.2 Å². The van der Waals surface area contributed by atoms with Crippen molar-refractivity contribution in [1.82, 2.24) is 0 Å². The monoisotopic (exact) mass is 470 g/mol. The lowest BCUT2D eigenvalue weighted by Gasteiger charge is -2.49. The third-order valence-corrected chi connectivity index (χ3v) is 7.62. The smallest absolute Gasteiger partial charge is 0.306 e. The Kier molecular flexibility index (Phi) is 9.69. The summed E-state index contributed by atoms with van der Waals surface area (Å²) < 4.78 is 47.6. The lowest BCUT2D eigenvalue weighted by atomic mass is 9.75. The molecule has 2 atom stereocenters. The first kappa shape index (κ1) is 26.8. The van der Waals surface area contributed by atoms with Crippen LogP contribution in [0.3, 0.4) is 0 Å². The fraction of sp³-hybridized carbons (Fsp3) is 0.708. The second kappa shape index (κ2) is 11.6. The van der Waals surface area contributed by atoms with E-state index in [-0.39, 0.29) is 31.5 Å². The fourth-order valence-corrected chi connectivity index (χ4v) is 5.04. The number of hydrogen-bond donors (Lipinski definition) is 0. The number of benzene rings is 1. The minimum atomic E-state index is -3.27. The lowest BCUT2D eigenvalue weighted by molar-refractivity contribution is -0.346. The van der Waals surface area contributed by atoms with Crippen LogP contribution in [0.4, 0.5) is 0 Å². The number of rotatable bonds is 11. The van der Waals surface area contributed by atoms with E-state index in [9.17, 15) is 13.2 Å². The summed E-state index contributed by atoms with van der Waals surface area (Å²) in [6, 6.07) is 6.92. The summed E-state index contributed by atoms with van der Waals surface area (Å²) in [7, 11) is -3.27. The van der Waals surface area contributed by atoms with Crippen LogP contribution in [-0.4, -0.2) is 52.0 Å². The topological polar surface area (TPSA) is 88.1 Å². The van der Waals surface area contributed by atoms with Crippen molar-refractivity contribution in [2.45, 2.75) is 83.5 Å². The van der Waals surface area contributed by atoms with Crippen LogP contribution >= 0.6 is 0 Å². The van der Waals surface area contributed by atoms with Crippen molar-refractivity contribution in [2.24, 2.45) is 5.41 Å². The number of unbranched alkanes of at least 4 members (excludes halogenated alkanes) is 3. The lowest BCUT2D eigenvalue weighted by Crippen LogP contribution is -2.63. The molecule has 1 aromatic carbocycles. The average Bonchev–Trinajstić information content (AvgIpc) is 2.71. The quantitative estimate of drug-likeness (QED) is 0.349. The van der Waals surface area contributed by atoms with Crippen molar-refractivity contribution in [3.8, 4) is 0 Å². The maximum Gasteiger partial charge on any atom is 0.306 e. The summed E-state index contributed by atoms with van der Waals surface area (Å²) in [4.78, 5) is 13.0. The number of hydrogen-bond acceptors (Lipinski definition) is 7. The SMILES string of the molecule is CCOC1OCOCC1(OC(=O)CCCCCCS(=O)(=O)c1ccc(C)cc1)C(C)(C)C. The molecular weight excluding hydrogens is 432 g/mol. The van der Waals surface area contributed by atoms with E-state index < -0.39 is 27.1 Å². The normalized spacial score (nSPS) is 22.0. The molecule has 0 aromatic heterocycles. The molecule has 1 heterocycles. The third kappa shape index (κ3) is 7.01. The van der Waals surface area contributed by atoms with Gasteiger partial charge in [-0.2, -0.15) is 0 Å². The predicted molar refractivity (Wildman–Crippen MR) is 122 cm³/mol. The molecule has 1 aliphatic rings. The van der Waals surface area contributed by atoms with Gasteiger partial charge in [-0.15, -0.1) is 0 Å². The van der Waals surface area contributed by atoms with Gasteiger partial charge in [0, 0.05) is 18.4 Å². The Labute approximate surface area is 192 Å². The molecule has 8 heteroatoms. The Morgan fingerprint density at radius 3 is 2.41 bits per heavy atom. The number of esters is 1. The molecule has 1 aromatic rings. The van der Waals surface area contributed by atoms with E-state index in [1.807, 2.05) is 34.6 Å². The van der Waals surface area contributed by atoms with Crippen LogP contribution in [0, 0.1) is 12.3 Å². The number of sulfone groups is 1. The summed E-state index contributed by atoms with van der Waals surface area (Å²) in [5.41, 5.74) is -0.448. The molecule has 32 heavy (non-hydrogen) atoms. The van der Waals surface area contributed by atoms with E-state index in [2.05, 4.69) is 0 Å². The van der Waals surface area contributed by atoms with E-state index in [0.717, 1.165) is 18.4 Å². The number of aryl methyl sites for hydroxylation is 1. The van der Waals surface area contributed by atoms with Crippen molar-refractivity contribution >= 4 is 15.8 Å². The van der Waals surface area contributed by atoms with Gasteiger partial charge in [0.25, 0.3) is 0 Å². The van der Waals surface area contributed by atoms with Crippen molar-refractivity contribution in [1.29, 1.82) is 0 Å². The summed E-state index contributed by atoms with van der Waals surface area (Å²) in [6.45, 7) is 10.5. The van der Waals surface area contributed by atoms with Gasteiger partial charge in [-0.1, -0.05) is 51.3 Å². The van der Waals surface area contributed by atoms with E-state index in [1.165, 1.54) is 0 Å². The van der Waals surface area contributed by atoms with E-state index in [1.54, 1.807) is 24.3 Å². The fourth-order valence-electron chi connectivity index (χ4n) is 3.67. The largest absolute Gasteiger partial charge is 0.451 e. The number of ether oxygens (including phenoxy) is 4. The Bertz CT molecular complexity index is 825. The van der Waals surface area contributed by atoms with Gasteiger partial charge in [0.15, 0.2) is 15.4 Å². The molecule has 2 unspecified atom stereocenters. The average molecular weight is 471 g/mol. The zero-order chi connectivity index (χ0) is 23.8. The first-order valence-electron chi connectivity index (χ1n) is 11.3. The molecular formula is C24H38O7S. The molecule has 182 valence electrons. The molecule has 7 nitrogen and oxygen atoms in total. The highest BCUT2D eigenvalue weighted by Crippen LogP contribution is 2.41. The molecule has 1 aliphatic heterocycles. The standard InChI is InChI=1S/C24H38O7S/c1-6-29-22-24(23(3,4)5,17-28-18-30-22)31-21(25)11-9-7-8-10-16-32(26,27)20-14-12-19(2)13-15-20/h12-15,22H,6-11,16-18H2,1-5H3. The second-order valence-corrected chi connectivity index (χ2v) is 11.4. The first-order valence-corrected chi connectivity index (χ1v) is 13.0. The number of carbonyl (C=O) groups excluding carboxylic acids is 1. The van der Waals surface area contributed by atoms with E-state index in [0.29, 0.717) is 24.3 Å². The Hall–Kier alpha value is -1.48. The molecule has 1 saturated heterocycles. The highest BCUT2D eigenvalue weighted by atomic mass is 32.2. The molecule has 0 radical (unpaired) electrons. The van der Waals surface area contributed by atoms with Crippen LogP contribution in [0.25, 0.3) is 0 Å². The maximum atomic E-state index is 12.6. The van der Waals surface area contributed by atoms with Crippen LogP contribution < -0.4 is 0 Å². The Morgan fingerprint density at radius 2 is 1.78 bits per heavy atom. The minimum Gasteiger partial charge on any atom is -0.451 e. The van der Waals surface area contributed by atoms with Gasteiger partial charge in [-0.05, 0) is 38.8 Å². The van der Waals surface area contributed by atoms with Crippen molar-refractivity contribution < 1.29 is 32.2 Å². The summed E-state index contributed by atoms with van der Waals surface area (Å²) in [5.74, 6) is -0.218. The van der Waals surface area contributed by atoms with Gasteiger partial charge in [-0.3, -0.25) is 4.79 Å². The summed E-state index contributed by atoms with van der Waals surface area (Å²) >= 11 is 0. The zero-order valence-electron chi connectivity index (χ0n) is 20.0. The molecule has 2 rings (SSSR count). The minimum absolute atomic E-state index is 0.103. The second-order valence-electron chi connectivity index (χ2n) is 9.33. The molecule has 0 bridgehead atoms. The highest BCUT2D eigenvalue weighted by molar-refractivity contribution is 7.91. The molecule has 0 spiro atoms.